The first-order chi connectivity index (χ1) is 10.1. The van der Waals surface area contributed by atoms with Crippen molar-refractivity contribution in [2.45, 2.75) is 6.54 Å². The number of methoxy groups -OCH3 is 2. The lowest BCUT2D eigenvalue weighted by Gasteiger charge is -2.15. The number of ether oxygens (including phenoxy) is 2. The van der Waals surface area contributed by atoms with Gasteiger partial charge in [0.05, 0.1) is 19.9 Å². The summed E-state index contributed by atoms with van der Waals surface area (Å²) >= 11 is 5.21. The van der Waals surface area contributed by atoms with Gasteiger partial charge < -0.3 is 14.0 Å². The second kappa shape index (κ2) is 6.41. The van der Waals surface area contributed by atoms with Crippen LogP contribution < -0.4 is 15.0 Å². The molecule has 0 saturated carbocycles. The number of hydrogen-bond donors (Lipinski definition) is 1. The number of rotatable bonds is 5. The number of nitrogens with zero attached hydrogens (tertiary/aromatic N) is 1. The highest BCUT2D eigenvalue weighted by Gasteiger charge is 2.12. The van der Waals surface area contributed by atoms with E-state index in [1.165, 1.54) is 6.07 Å². The summed E-state index contributed by atoms with van der Waals surface area (Å²) in [5.41, 5.74) is 1.17. The zero-order valence-electron chi connectivity index (χ0n) is 11.9. The Morgan fingerprint density at radius 3 is 2.71 bits per heavy atom. The topological polar surface area (TPSA) is 56.2 Å². The molecule has 21 heavy (non-hydrogen) atoms. The van der Waals surface area contributed by atoms with Crippen LogP contribution >= 0.6 is 12.2 Å². The van der Waals surface area contributed by atoms with Crippen LogP contribution in [0.15, 0.2) is 41.7 Å². The summed E-state index contributed by atoms with van der Waals surface area (Å²) < 4.78 is 12.7. The maximum Gasteiger partial charge on any atom is 0.252 e. The quantitative estimate of drug-likeness (QED) is 0.681. The van der Waals surface area contributed by atoms with Crippen molar-refractivity contribution in [1.29, 1.82) is 0 Å². The summed E-state index contributed by atoms with van der Waals surface area (Å²) in [6.07, 6.45) is 1.72. The minimum Gasteiger partial charge on any atom is -0.497 e. The molecule has 0 unspecified atom stereocenters. The van der Waals surface area contributed by atoms with E-state index in [-0.39, 0.29) is 5.56 Å². The fourth-order valence-corrected chi connectivity index (χ4v) is 2.34. The van der Waals surface area contributed by atoms with Crippen molar-refractivity contribution in [2.75, 3.05) is 14.2 Å². The predicted octanol–water partition coefficient (Wildman–Crippen LogP) is 2.78. The fraction of sp³-hybridized carbons (Fsp3) is 0.200. The molecule has 0 radical (unpaired) electrons. The minimum atomic E-state index is -0.256. The van der Waals surface area contributed by atoms with Crippen LogP contribution in [0.3, 0.4) is 0 Å². The lowest BCUT2D eigenvalue weighted by Crippen LogP contribution is -2.14. The summed E-state index contributed by atoms with van der Waals surface area (Å²) in [6.45, 7) is 4.20. The molecule has 0 fully saturated rings. The van der Waals surface area contributed by atoms with Gasteiger partial charge in [-0.2, -0.15) is 0 Å². The highest BCUT2D eigenvalue weighted by atomic mass is 32.1. The maximum atomic E-state index is 11.7. The van der Waals surface area contributed by atoms with E-state index < -0.39 is 0 Å². The smallest absolute Gasteiger partial charge is 0.252 e. The van der Waals surface area contributed by atoms with Gasteiger partial charge in [0.25, 0.3) is 5.56 Å². The molecule has 1 heterocycles. The summed E-state index contributed by atoms with van der Waals surface area (Å²) in [5, 5.41) is 0. The Morgan fingerprint density at radius 1 is 1.33 bits per heavy atom. The van der Waals surface area contributed by atoms with Gasteiger partial charge in [-0.05, 0) is 24.4 Å². The molecule has 0 aliphatic carbocycles. The second-order valence-electron chi connectivity index (χ2n) is 4.29. The zero-order chi connectivity index (χ0) is 15.4. The van der Waals surface area contributed by atoms with E-state index in [2.05, 4.69) is 11.6 Å². The molecular weight excluding hydrogens is 288 g/mol. The van der Waals surface area contributed by atoms with Crippen LogP contribution in [0.4, 0.5) is 0 Å². The Hall–Kier alpha value is -2.34. The van der Waals surface area contributed by atoms with E-state index in [1.54, 1.807) is 37.0 Å². The molecule has 0 amide bonds. The van der Waals surface area contributed by atoms with Gasteiger partial charge in [-0.1, -0.05) is 6.08 Å². The number of benzene rings is 1. The van der Waals surface area contributed by atoms with Crippen LogP contribution in [0, 0.1) is 4.77 Å². The standard InChI is InChI=1S/C15H16N2O3S/c1-4-7-17-12(9-14(18)16-15(17)21)11-6-5-10(19-2)8-13(11)20-3/h4-6,8-9H,1,7H2,2-3H3,(H,16,18,21). The number of nitrogens with one attached hydrogen (secondary N) is 1. The van der Waals surface area contributed by atoms with Crippen molar-refractivity contribution in [3.05, 3.63) is 52.0 Å². The predicted molar refractivity (Wildman–Crippen MR) is 84.6 cm³/mol. The monoisotopic (exact) mass is 304 g/mol. The van der Waals surface area contributed by atoms with Gasteiger partial charge in [0, 0.05) is 24.2 Å². The molecule has 0 bridgehead atoms. The van der Waals surface area contributed by atoms with Crippen molar-refractivity contribution in [3.8, 4) is 22.8 Å². The first-order valence-electron chi connectivity index (χ1n) is 6.28. The normalized spacial score (nSPS) is 10.2. The third-order valence-corrected chi connectivity index (χ3v) is 3.35. The average molecular weight is 304 g/mol. The van der Waals surface area contributed by atoms with Crippen molar-refractivity contribution in [1.82, 2.24) is 9.55 Å². The summed E-state index contributed by atoms with van der Waals surface area (Å²) in [5.74, 6) is 1.28. The van der Waals surface area contributed by atoms with Crippen LogP contribution in [-0.2, 0) is 6.54 Å². The Balaban J connectivity index is 2.74. The average Bonchev–Trinajstić information content (AvgIpc) is 2.49. The Kier molecular flexibility index (Phi) is 4.59. The zero-order valence-corrected chi connectivity index (χ0v) is 12.7. The molecule has 0 spiro atoms. The molecule has 5 nitrogen and oxygen atoms in total. The third kappa shape index (κ3) is 3.05. The number of aromatic nitrogens is 2. The Bertz CT molecular complexity index is 777. The molecule has 2 aromatic rings. The molecule has 0 saturated heterocycles. The van der Waals surface area contributed by atoms with Gasteiger partial charge in [0.1, 0.15) is 11.5 Å². The van der Waals surface area contributed by atoms with Crippen molar-refractivity contribution >= 4 is 12.2 Å². The van der Waals surface area contributed by atoms with Gasteiger partial charge in [-0.25, -0.2) is 0 Å². The highest BCUT2D eigenvalue weighted by molar-refractivity contribution is 7.71. The van der Waals surface area contributed by atoms with E-state index in [9.17, 15) is 4.79 Å². The fourth-order valence-electron chi connectivity index (χ4n) is 2.06. The Labute approximate surface area is 127 Å². The van der Waals surface area contributed by atoms with Gasteiger partial charge >= 0.3 is 0 Å². The highest BCUT2D eigenvalue weighted by Crippen LogP contribution is 2.32. The molecule has 0 aliphatic rings. The molecule has 0 atom stereocenters. The van der Waals surface area contributed by atoms with E-state index in [0.29, 0.717) is 28.5 Å². The summed E-state index contributed by atoms with van der Waals surface area (Å²) in [6, 6.07) is 6.89. The van der Waals surface area contributed by atoms with Crippen molar-refractivity contribution < 1.29 is 9.47 Å². The van der Waals surface area contributed by atoms with Crippen LogP contribution in [0.1, 0.15) is 0 Å². The first kappa shape index (κ1) is 15.1. The van der Waals surface area contributed by atoms with Gasteiger partial charge in [0.2, 0.25) is 0 Å². The van der Waals surface area contributed by atoms with E-state index in [1.807, 2.05) is 6.07 Å². The molecule has 2 rings (SSSR count). The van der Waals surface area contributed by atoms with E-state index in [4.69, 9.17) is 21.7 Å². The molecule has 1 aromatic heterocycles. The maximum absolute atomic E-state index is 11.7. The van der Waals surface area contributed by atoms with Gasteiger partial charge in [-0.3, -0.25) is 9.78 Å². The van der Waals surface area contributed by atoms with Crippen LogP contribution in [-0.4, -0.2) is 23.8 Å². The lowest BCUT2D eigenvalue weighted by molar-refractivity contribution is 0.395. The molecule has 1 aromatic carbocycles. The SMILES string of the molecule is C=CCn1c(-c2ccc(OC)cc2OC)cc(=O)[nH]c1=S. The Morgan fingerprint density at radius 2 is 2.10 bits per heavy atom. The molecule has 0 aliphatic heterocycles. The number of hydrogen-bond acceptors (Lipinski definition) is 4. The number of allylic oxidation sites excluding steroid dienone is 1. The van der Waals surface area contributed by atoms with Crippen molar-refractivity contribution in [2.24, 2.45) is 0 Å². The van der Waals surface area contributed by atoms with Gasteiger partial charge in [-0.15, -0.1) is 6.58 Å². The molecule has 110 valence electrons. The van der Waals surface area contributed by atoms with Crippen molar-refractivity contribution in [3.63, 3.8) is 0 Å². The minimum absolute atomic E-state index is 0.256. The molecule has 6 heteroatoms. The number of H-pyrrole nitrogens is 1. The number of aromatic amines is 1. The van der Waals surface area contributed by atoms with E-state index in [0.717, 1.165) is 5.56 Å². The van der Waals surface area contributed by atoms with Crippen LogP contribution in [0.25, 0.3) is 11.3 Å². The van der Waals surface area contributed by atoms with Gasteiger partial charge in [0.15, 0.2) is 4.77 Å². The first-order valence-corrected chi connectivity index (χ1v) is 6.69. The second-order valence-corrected chi connectivity index (χ2v) is 4.68. The largest absolute Gasteiger partial charge is 0.497 e. The third-order valence-electron chi connectivity index (χ3n) is 3.03. The molecular formula is C15H16N2O3S. The summed E-state index contributed by atoms with van der Waals surface area (Å²) in [4.78, 5) is 14.3. The van der Waals surface area contributed by atoms with E-state index >= 15 is 0 Å². The van der Waals surface area contributed by atoms with Crippen LogP contribution in [0.5, 0.6) is 11.5 Å². The van der Waals surface area contributed by atoms with Crippen LogP contribution in [0.2, 0.25) is 0 Å². The summed E-state index contributed by atoms with van der Waals surface area (Å²) in [7, 11) is 3.15. The molecule has 1 N–H and O–H groups in total. The lowest BCUT2D eigenvalue weighted by atomic mass is 10.1.